The number of para-hydroxylation sites is 1. The summed E-state index contributed by atoms with van der Waals surface area (Å²) in [5, 5.41) is 1.15. The first-order valence-electron chi connectivity index (χ1n) is 5.14. The summed E-state index contributed by atoms with van der Waals surface area (Å²) >= 11 is 0. The van der Waals surface area contributed by atoms with E-state index in [9.17, 15) is 0 Å². The maximum absolute atomic E-state index is 5.96. The second-order valence-electron chi connectivity index (χ2n) is 4.86. The Balaban J connectivity index is 2.73. The fourth-order valence-electron chi connectivity index (χ4n) is 1.73. The van der Waals surface area contributed by atoms with Gasteiger partial charge in [0.25, 0.3) is 0 Å². The van der Waals surface area contributed by atoms with Crippen LogP contribution in [0.1, 0.15) is 26.3 Å². The molecule has 0 radical (unpaired) electrons. The van der Waals surface area contributed by atoms with E-state index in [1.807, 2.05) is 18.2 Å². The molecule has 2 aromatic rings. The summed E-state index contributed by atoms with van der Waals surface area (Å²) in [4.78, 5) is 4.42. The zero-order valence-electron chi connectivity index (χ0n) is 9.41. The molecule has 0 atom stereocenters. The standard InChI is InChI=1S/C13H16N2/c1-13(2,3)10-8-9-6-4-5-7-11(9)15-12(10)14/h4-8H,1-3H3,(H2,14,15). The van der Waals surface area contributed by atoms with Gasteiger partial charge in [-0.3, -0.25) is 0 Å². The highest BCUT2D eigenvalue weighted by molar-refractivity contribution is 5.81. The lowest BCUT2D eigenvalue weighted by atomic mass is 9.86. The van der Waals surface area contributed by atoms with Crippen LogP contribution in [0.4, 0.5) is 5.82 Å². The Hall–Kier alpha value is -1.57. The Labute approximate surface area is 90.1 Å². The van der Waals surface area contributed by atoms with Crippen LogP contribution in [-0.4, -0.2) is 4.98 Å². The van der Waals surface area contributed by atoms with E-state index in [1.165, 1.54) is 0 Å². The van der Waals surface area contributed by atoms with Crippen molar-refractivity contribution in [3.63, 3.8) is 0 Å². The number of hydrogen-bond donors (Lipinski definition) is 1. The molecule has 78 valence electrons. The second kappa shape index (κ2) is 3.23. The quantitative estimate of drug-likeness (QED) is 0.709. The number of fused-ring (bicyclic) bond motifs is 1. The van der Waals surface area contributed by atoms with Crippen molar-refractivity contribution in [3.05, 3.63) is 35.9 Å². The monoisotopic (exact) mass is 200 g/mol. The SMILES string of the molecule is CC(C)(C)c1cc2ccccc2nc1N. The molecule has 1 aromatic heterocycles. The molecule has 2 heteroatoms. The summed E-state index contributed by atoms with van der Waals surface area (Å²) in [7, 11) is 0. The fourth-order valence-corrected chi connectivity index (χ4v) is 1.73. The molecule has 2 rings (SSSR count). The third kappa shape index (κ3) is 1.80. The highest BCUT2D eigenvalue weighted by atomic mass is 14.8. The van der Waals surface area contributed by atoms with Gasteiger partial charge in [-0.15, -0.1) is 0 Å². The van der Waals surface area contributed by atoms with Gasteiger partial charge >= 0.3 is 0 Å². The predicted octanol–water partition coefficient (Wildman–Crippen LogP) is 3.11. The first kappa shape index (κ1) is 9.97. The smallest absolute Gasteiger partial charge is 0.127 e. The number of pyridine rings is 1. The number of rotatable bonds is 0. The summed E-state index contributed by atoms with van der Waals surface area (Å²) in [5.41, 5.74) is 8.08. The normalized spacial score (nSPS) is 11.9. The van der Waals surface area contributed by atoms with Gasteiger partial charge in [0.05, 0.1) is 5.52 Å². The molecule has 2 N–H and O–H groups in total. The van der Waals surface area contributed by atoms with Crippen molar-refractivity contribution in [3.8, 4) is 0 Å². The number of nitrogens with two attached hydrogens (primary N) is 1. The molecule has 0 unspecified atom stereocenters. The zero-order chi connectivity index (χ0) is 11.1. The summed E-state index contributed by atoms with van der Waals surface area (Å²) in [5.74, 6) is 0.640. The second-order valence-corrected chi connectivity index (χ2v) is 4.86. The van der Waals surface area contributed by atoms with Crippen LogP contribution >= 0.6 is 0 Å². The minimum Gasteiger partial charge on any atom is -0.383 e. The van der Waals surface area contributed by atoms with Crippen LogP contribution in [-0.2, 0) is 5.41 Å². The third-order valence-electron chi connectivity index (χ3n) is 2.56. The van der Waals surface area contributed by atoms with Crippen molar-refractivity contribution in [2.45, 2.75) is 26.2 Å². The molecular formula is C13H16N2. The van der Waals surface area contributed by atoms with E-state index in [4.69, 9.17) is 5.73 Å². The maximum Gasteiger partial charge on any atom is 0.127 e. The summed E-state index contributed by atoms with van der Waals surface area (Å²) in [6.07, 6.45) is 0. The minimum absolute atomic E-state index is 0.0428. The highest BCUT2D eigenvalue weighted by Crippen LogP contribution is 2.29. The Morgan fingerprint density at radius 3 is 2.47 bits per heavy atom. The van der Waals surface area contributed by atoms with E-state index in [2.05, 4.69) is 37.9 Å². The molecule has 0 saturated carbocycles. The molecule has 0 aliphatic rings. The molecule has 1 aromatic carbocycles. The van der Waals surface area contributed by atoms with E-state index in [0.29, 0.717) is 5.82 Å². The summed E-state index contributed by atoms with van der Waals surface area (Å²) in [6, 6.07) is 10.2. The Bertz CT molecular complexity index is 495. The third-order valence-corrected chi connectivity index (χ3v) is 2.56. The van der Waals surface area contributed by atoms with Crippen LogP contribution in [0.3, 0.4) is 0 Å². The number of nitrogen functional groups attached to an aromatic ring is 1. The number of benzene rings is 1. The minimum atomic E-state index is 0.0428. The maximum atomic E-state index is 5.96. The molecular weight excluding hydrogens is 184 g/mol. The molecule has 0 fully saturated rings. The number of anilines is 1. The largest absolute Gasteiger partial charge is 0.383 e. The van der Waals surface area contributed by atoms with Crippen LogP contribution in [0.15, 0.2) is 30.3 Å². The molecule has 0 amide bonds. The van der Waals surface area contributed by atoms with E-state index in [1.54, 1.807) is 0 Å². The van der Waals surface area contributed by atoms with Crippen LogP contribution in [0.5, 0.6) is 0 Å². The molecule has 0 saturated heterocycles. The van der Waals surface area contributed by atoms with Gasteiger partial charge in [-0.1, -0.05) is 39.0 Å². The topological polar surface area (TPSA) is 38.9 Å². The van der Waals surface area contributed by atoms with Gasteiger partial charge in [0.15, 0.2) is 0 Å². The van der Waals surface area contributed by atoms with Crippen LogP contribution < -0.4 is 5.73 Å². The van der Waals surface area contributed by atoms with Crippen molar-refractivity contribution in [1.29, 1.82) is 0 Å². The summed E-state index contributed by atoms with van der Waals surface area (Å²) in [6.45, 7) is 6.44. The van der Waals surface area contributed by atoms with Gasteiger partial charge in [0, 0.05) is 10.9 Å². The van der Waals surface area contributed by atoms with Gasteiger partial charge in [0.1, 0.15) is 5.82 Å². The Kier molecular flexibility index (Phi) is 2.14. The van der Waals surface area contributed by atoms with E-state index in [-0.39, 0.29) is 5.41 Å². The van der Waals surface area contributed by atoms with Crippen LogP contribution in [0.2, 0.25) is 0 Å². The molecule has 15 heavy (non-hydrogen) atoms. The van der Waals surface area contributed by atoms with Crippen molar-refractivity contribution < 1.29 is 0 Å². The Morgan fingerprint density at radius 1 is 1.13 bits per heavy atom. The van der Waals surface area contributed by atoms with Crippen molar-refractivity contribution in [2.75, 3.05) is 5.73 Å². The van der Waals surface area contributed by atoms with Gasteiger partial charge in [0.2, 0.25) is 0 Å². The number of nitrogens with zero attached hydrogens (tertiary/aromatic N) is 1. The van der Waals surface area contributed by atoms with Gasteiger partial charge < -0.3 is 5.73 Å². The van der Waals surface area contributed by atoms with Crippen LogP contribution in [0.25, 0.3) is 10.9 Å². The highest BCUT2D eigenvalue weighted by Gasteiger charge is 2.18. The summed E-state index contributed by atoms with van der Waals surface area (Å²) < 4.78 is 0. The molecule has 2 nitrogen and oxygen atoms in total. The lowest BCUT2D eigenvalue weighted by Gasteiger charge is -2.20. The van der Waals surface area contributed by atoms with Crippen LogP contribution in [0, 0.1) is 0 Å². The average molecular weight is 200 g/mol. The lowest BCUT2D eigenvalue weighted by Crippen LogP contribution is -2.14. The van der Waals surface area contributed by atoms with Crippen molar-refractivity contribution in [2.24, 2.45) is 0 Å². The van der Waals surface area contributed by atoms with Gasteiger partial charge in [-0.25, -0.2) is 4.98 Å². The lowest BCUT2D eigenvalue weighted by molar-refractivity contribution is 0.591. The zero-order valence-corrected chi connectivity index (χ0v) is 9.41. The first-order valence-corrected chi connectivity index (χ1v) is 5.14. The van der Waals surface area contributed by atoms with Crippen molar-refractivity contribution in [1.82, 2.24) is 4.98 Å². The number of aromatic nitrogens is 1. The Morgan fingerprint density at radius 2 is 1.80 bits per heavy atom. The average Bonchev–Trinajstić information content (AvgIpc) is 2.15. The van der Waals surface area contributed by atoms with E-state index >= 15 is 0 Å². The molecule has 0 bridgehead atoms. The number of hydrogen-bond acceptors (Lipinski definition) is 2. The molecule has 0 spiro atoms. The van der Waals surface area contributed by atoms with Gasteiger partial charge in [-0.2, -0.15) is 0 Å². The fraction of sp³-hybridized carbons (Fsp3) is 0.308. The van der Waals surface area contributed by atoms with Crippen molar-refractivity contribution >= 4 is 16.7 Å². The molecule has 0 aliphatic heterocycles. The van der Waals surface area contributed by atoms with E-state index < -0.39 is 0 Å². The van der Waals surface area contributed by atoms with E-state index in [0.717, 1.165) is 16.5 Å². The molecule has 0 aliphatic carbocycles. The van der Waals surface area contributed by atoms with Gasteiger partial charge in [-0.05, 0) is 17.5 Å². The predicted molar refractivity (Wildman–Crippen MR) is 64.9 cm³/mol. The molecule has 1 heterocycles. The first-order chi connectivity index (χ1) is 6.98.